The summed E-state index contributed by atoms with van der Waals surface area (Å²) in [6.45, 7) is 4.88. The fourth-order valence-electron chi connectivity index (χ4n) is 3.16. The van der Waals surface area contributed by atoms with Crippen molar-refractivity contribution in [3.8, 4) is 0 Å². The van der Waals surface area contributed by atoms with Gasteiger partial charge in [-0.3, -0.25) is 0 Å². The fourth-order valence-corrected chi connectivity index (χ4v) is 3.16. The van der Waals surface area contributed by atoms with Crippen molar-refractivity contribution in [2.75, 3.05) is 33.5 Å². The van der Waals surface area contributed by atoms with Crippen LogP contribution >= 0.6 is 0 Å². The molecule has 2 heterocycles. The molecule has 2 rings (SSSR count). The van der Waals surface area contributed by atoms with E-state index < -0.39 is 5.60 Å². The Labute approximate surface area is 110 Å². The monoisotopic (exact) mass is 258 g/mol. The highest BCUT2D eigenvalue weighted by Gasteiger charge is 2.44. The van der Waals surface area contributed by atoms with Gasteiger partial charge in [-0.25, -0.2) is 0 Å². The SMILES string of the molecule is COCCC(C)(O)C1CCOC2(CCOCC2)C1. The predicted octanol–water partition coefficient (Wildman–Crippen LogP) is 1.75. The van der Waals surface area contributed by atoms with E-state index in [1.165, 1.54) is 0 Å². The molecule has 0 aromatic rings. The van der Waals surface area contributed by atoms with E-state index >= 15 is 0 Å². The van der Waals surface area contributed by atoms with E-state index in [2.05, 4.69) is 0 Å². The maximum atomic E-state index is 10.6. The van der Waals surface area contributed by atoms with Crippen molar-refractivity contribution in [3.63, 3.8) is 0 Å². The summed E-state index contributed by atoms with van der Waals surface area (Å²) < 4.78 is 16.5. The molecule has 1 N–H and O–H groups in total. The molecule has 2 saturated heterocycles. The van der Waals surface area contributed by atoms with E-state index in [0.717, 1.165) is 45.5 Å². The molecular weight excluding hydrogens is 232 g/mol. The van der Waals surface area contributed by atoms with Crippen LogP contribution < -0.4 is 0 Å². The molecule has 0 amide bonds. The molecule has 0 bridgehead atoms. The van der Waals surface area contributed by atoms with Crippen molar-refractivity contribution in [2.45, 2.75) is 50.2 Å². The molecule has 18 heavy (non-hydrogen) atoms. The smallest absolute Gasteiger partial charge is 0.0730 e. The van der Waals surface area contributed by atoms with E-state index in [1.54, 1.807) is 7.11 Å². The lowest BCUT2D eigenvalue weighted by atomic mass is 9.73. The summed E-state index contributed by atoms with van der Waals surface area (Å²) in [5.41, 5.74) is -0.691. The Balaban J connectivity index is 1.96. The molecule has 2 aliphatic heterocycles. The van der Waals surface area contributed by atoms with Crippen LogP contribution in [0.5, 0.6) is 0 Å². The highest BCUT2D eigenvalue weighted by Crippen LogP contribution is 2.41. The minimum atomic E-state index is -0.648. The van der Waals surface area contributed by atoms with Crippen LogP contribution in [-0.2, 0) is 14.2 Å². The van der Waals surface area contributed by atoms with Gasteiger partial charge in [0.25, 0.3) is 0 Å². The number of hydrogen-bond acceptors (Lipinski definition) is 4. The Morgan fingerprint density at radius 1 is 1.33 bits per heavy atom. The van der Waals surface area contributed by atoms with Gasteiger partial charge in [0.15, 0.2) is 0 Å². The summed E-state index contributed by atoms with van der Waals surface area (Å²) in [4.78, 5) is 0. The summed E-state index contributed by atoms with van der Waals surface area (Å²) in [7, 11) is 1.68. The third kappa shape index (κ3) is 3.23. The minimum absolute atomic E-state index is 0.0434. The molecule has 2 fully saturated rings. The molecule has 0 aromatic heterocycles. The molecule has 4 heteroatoms. The molecule has 0 radical (unpaired) electrons. The molecule has 0 saturated carbocycles. The van der Waals surface area contributed by atoms with Gasteiger partial charge >= 0.3 is 0 Å². The van der Waals surface area contributed by atoms with Crippen LogP contribution in [0.3, 0.4) is 0 Å². The predicted molar refractivity (Wildman–Crippen MR) is 68.6 cm³/mol. The van der Waals surface area contributed by atoms with Crippen LogP contribution in [0.2, 0.25) is 0 Å². The number of hydrogen-bond donors (Lipinski definition) is 1. The molecule has 0 aromatic carbocycles. The van der Waals surface area contributed by atoms with Crippen molar-refractivity contribution in [2.24, 2.45) is 5.92 Å². The average molecular weight is 258 g/mol. The first kappa shape index (κ1) is 14.3. The van der Waals surface area contributed by atoms with Crippen molar-refractivity contribution in [1.29, 1.82) is 0 Å². The van der Waals surface area contributed by atoms with E-state index in [4.69, 9.17) is 14.2 Å². The van der Waals surface area contributed by atoms with Gasteiger partial charge in [-0.05, 0) is 44.9 Å². The van der Waals surface area contributed by atoms with Gasteiger partial charge in [-0.1, -0.05) is 0 Å². The highest BCUT2D eigenvalue weighted by atomic mass is 16.5. The summed E-state index contributed by atoms with van der Waals surface area (Å²) in [6.07, 6.45) is 4.51. The second-order valence-corrected chi connectivity index (χ2v) is 5.93. The zero-order chi connectivity index (χ0) is 13.1. The van der Waals surface area contributed by atoms with E-state index in [0.29, 0.717) is 18.9 Å². The number of ether oxygens (including phenoxy) is 3. The van der Waals surface area contributed by atoms with Crippen LogP contribution in [0.25, 0.3) is 0 Å². The van der Waals surface area contributed by atoms with Crippen LogP contribution in [0.4, 0.5) is 0 Å². The lowest BCUT2D eigenvalue weighted by Crippen LogP contribution is -2.50. The van der Waals surface area contributed by atoms with E-state index in [1.807, 2.05) is 6.92 Å². The first-order chi connectivity index (χ1) is 8.58. The lowest BCUT2D eigenvalue weighted by Gasteiger charge is -2.47. The zero-order valence-corrected chi connectivity index (χ0v) is 11.6. The van der Waals surface area contributed by atoms with Gasteiger partial charge in [-0.2, -0.15) is 0 Å². The van der Waals surface area contributed by atoms with Crippen LogP contribution in [-0.4, -0.2) is 49.8 Å². The van der Waals surface area contributed by atoms with E-state index in [-0.39, 0.29) is 5.60 Å². The second-order valence-electron chi connectivity index (χ2n) is 5.93. The molecule has 1 spiro atoms. The van der Waals surface area contributed by atoms with Crippen LogP contribution in [0.15, 0.2) is 0 Å². The zero-order valence-electron chi connectivity index (χ0n) is 11.6. The van der Waals surface area contributed by atoms with Gasteiger partial charge in [0.1, 0.15) is 0 Å². The Hall–Kier alpha value is -0.160. The van der Waals surface area contributed by atoms with E-state index in [9.17, 15) is 5.11 Å². The van der Waals surface area contributed by atoms with Gasteiger partial charge < -0.3 is 19.3 Å². The third-order valence-electron chi connectivity index (χ3n) is 4.59. The summed E-state index contributed by atoms with van der Waals surface area (Å²) >= 11 is 0. The van der Waals surface area contributed by atoms with Crippen molar-refractivity contribution < 1.29 is 19.3 Å². The Bertz CT molecular complexity index is 253. The topological polar surface area (TPSA) is 47.9 Å². The van der Waals surface area contributed by atoms with Crippen molar-refractivity contribution in [1.82, 2.24) is 0 Å². The Morgan fingerprint density at radius 3 is 2.72 bits per heavy atom. The van der Waals surface area contributed by atoms with Crippen molar-refractivity contribution >= 4 is 0 Å². The summed E-state index contributed by atoms with van der Waals surface area (Å²) in [6, 6.07) is 0. The summed E-state index contributed by atoms with van der Waals surface area (Å²) in [5, 5.41) is 10.6. The third-order valence-corrected chi connectivity index (χ3v) is 4.59. The van der Waals surface area contributed by atoms with Crippen LogP contribution in [0.1, 0.15) is 39.0 Å². The average Bonchev–Trinajstić information content (AvgIpc) is 2.37. The fraction of sp³-hybridized carbons (Fsp3) is 1.00. The lowest BCUT2D eigenvalue weighted by molar-refractivity contribution is -0.174. The highest BCUT2D eigenvalue weighted by molar-refractivity contribution is 4.94. The number of methoxy groups -OCH3 is 1. The largest absolute Gasteiger partial charge is 0.390 e. The standard InChI is InChI=1S/C14H26O4/c1-13(15,4-8-16-2)12-3-7-18-14(11-12)5-9-17-10-6-14/h12,15H,3-11H2,1-2H3. The molecule has 2 unspecified atom stereocenters. The first-order valence-electron chi connectivity index (χ1n) is 7.01. The maximum Gasteiger partial charge on any atom is 0.0730 e. The van der Waals surface area contributed by atoms with Gasteiger partial charge in [0, 0.05) is 33.5 Å². The molecule has 4 nitrogen and oxygen atoms in total. The summed E-state index contributed by atoms with van der Waals surface area (Å²) in [5.74, 6) is 0.305. The van der Waals surface area contributed by atoms with Crippen LogP contribution in [0, 0.1) is 5.92 Å². The molecule has 2 aliphatic rings. The normalized spacial score (nSPS) is 31.2. The quantitative estimate of drug-likeness (QED) is 0.834. The molecule has 106 valence electrons. The van der Waals surface area contributed by atoms with Gasteiger partial charge in [0.2, 0.25) is 0 Å². The van der Waals surface area contributed by atoms with Crippen molar-refractivity contribution in [3.05, 3.63) is 0 Å². The first-order valence-corrected chi connectivity index (χ1v) is 7.01. The molecule has 2 atom stereocenters. The number of aliphatic hydroxyl groups is 1. The minimum Gasteiger partial charge on any atom is -0.390 e. The molecular formula is C14H26O4. The van der Waals surface area contributed by atoms with Gasteiger partial charge in [-0.15, -0.1) is 0 Å². The van der Waals surface area contributed by atoms with Gasteiger partial charge in [0.05, 0.1) is 11.2 Å². The second kappa shape index (κ2) is 5.87. The number of rotatable bonds is 4. The maximum absolute atomic E-state index is 10.6. The molecule has 0 aliphatic carbocycles. The Morgan fingerprint density at radius 2 is 2.06 bits per heavy atom. The Kier molecular flexibility index (Phi) is 4.64.